The van der Waals surface area contributed by atoms with E-state index in [1.165, 1.54) is 6.07 Å². The molecule has 3 atom stereocenters. The normalized spacial score (nSPS) is 25.9. The number of likely N-dealkylation sites (tertiary alicyclic amines) is 1. The van der Waals surface area contributed by atoms with Crippen molar-refractivity contribution in [3.63, 3.8) is 0 Å². The Labute approximate surface area is 144 Å². The largest absolute Gasteiger partial charge is 0.342 e. The Hall–Kier alpha value is -2.31. The van der Waals surface area contributed by atoms with Gasteiger partial charge in [-0.05, 0) is 36.8 Å². The number of halogens is 2. The molecule has 1 saturated carbocycles. The van der Waals surface area contributed by atoms with Gasteiger partial charge < -0.3 is 9.42 Å². The van der Waals surface area contributed by atoms with Crippen LogP contribution in [0.5, 0.6) is 0 Å². The molecule has 0 radical (unpaired) electrons. The van der Waals surface area contributed by atoms with E-state index in [4.69, 9.17) is 4.52 Å². The molecule has 7 heteroatoms. The number of rotatable bonds is 3. The molecule has 1 aromatic heterocycles. The van der Waals surface area contributed by atoms with Crippen LogP contribution in [0.2, 0.25) is 0 Å². The number of benzene rings is 1. The van der Waals surface area contributed by atoms with E-state index in [9.17, 15) is 13.6 Å². The Kier molecular flexibility index (Phi) is 4.01. The number of hydrogen-bond acceptors (Lipinski definition) is 4. The predicted molar refractivity (Wildman–Crippen MR) is 84.8 cm³/mol. The van der Waals surface area contributed by atoms with Crippen LogP contribution in [0.25, 0.3) is 0 Å². The summed E-state index contributed by atoms with van der Waals surface area (Å²) in [5.41, 5.74) is 0.306. The molecular weight excluding hydrogens is 328 g/mol. The SMILES string of the molecule is Cc1nc([C@@H]2CCCN(C(=O)[C@@H]3C[C@@H]3c3cccc(F)c3F)C2)no1. The van der Waals surface area contributed by atoms with E-state index >= 15 is 0 Å². The average Bonchev–Trinajstić information content (AvgIpc) is 3.29. The second-order valence-electron chi connectivity index (χ2n) is 6.89. The van der Waals surface area contributed by atoms with Crippen LogP contribution in [0.15, 0.2) is 22.7 Å². The Bertz CT molecular complexity index is 807. The summed E-state index contributed by atoms with van der Waals surface area (Å²) in [4.78, 5) is 18.8. The summed E-state index contributed by atoms with van der Waals surface area (Å²) in [5.74, 6) is -0.946. The van der Waals surface area contributed by atoms with Crippen molar-refractivity contribution in [2.45, 2.75) is 38.0 Å². The van der Waals surface area contributed by atoms with Crippen molar-refractivity contribution in [1.29, 1.82) is 0 Å². The van der Waals surface area contributed by atoms with E-state index < -0.39 is 11.6 Å². The van der Waals surface area contributed by atoms with Gasteiger partial charge in [0.1, 0.15) is 0 Å². The molecule has 2 aliphatic rings. The summed E-state index contributed by atoms with van der Waals surface area (Å²) in [7, 11) is 0. The lowest BCUT2D eigenvalue weighted by Gasteiger charge is -2.31. The predicted octanol–water partition coefficient (Wildman–Crippen LogP) is 3.17. The highest BCUT2D eigenvalue weighted by molar-refractivity contribution is 5.83. The Morgan fingerprint density at radius 3 is 2.96 bits per heavy atom. The lowest BCUT2D eigenvalue weighted by molar-refractivity contribution is -0.133. The Morgan fingerprint density at radius 2 is 2.20 bits per heavy atom. The zero-order valence-electron chi connectivity index (χ0n) is 13.9. The zero-order valence-corrected chi connectivity index (χ0v) is 13.9. The summed E-state index contributed by atoms with van der Waals surface area (Å²) in [6, 6.07) is 4.15. The molecule has 1 aliphatic heterocycles. The second-order valence-corrected chi connectivity index (χ2v) is 6.89. The molecule has 2 fully saturated rings. The summed E-state index contributed by atoms with van der Waals surface area (Å²) < 4.78 is 32.4. The molecule has 0 N–H and O–H groups in total. The van der Waals surface area contributed by atoms with Crippen LogP contribution in [0.1, 0.15) is 48.4 Å². The van der Waals surface area contributed by atoms with Crippen molar-refractivity contribution in [1.82, 2.24) is 15.0 Å². The van der Waals surface area contributed by atoms with Gasteiger partial charge in [-0.2, -0.15) is 4.98 Å². The van der Waals surface area contributed by atoms with Crippen LogP contribution in [-0.2, 0) is 4.79 Å². The van der Waals surface area contributed by atoms with Crippen LogP contribution in [0.3, 0.4) is 0 Å². The molecule has 0 unspecified atom stereocenters. The lowest BCUT2D eigenvalue weighted by Crippen LogP contribution is -2.40. The highest BCUT2D eigenvalue weighted by Gasteiger charge is 2.47. The van der Waals surface area contributed by atoms with Gasteiger partial charge in [0.2, 0.25) is 11.8 Å². The molecule has 1 amide bonds. The number of amides is 1. The van der Waals surface area contributed by atoms with E-state index in [1.807, 2.05) is 4.90 Å². The molecule has 2 aromatic rings. The number of aryl methyl sites for hydroxylation is 1. The van der Waals surface area contributed by atoms with Gasteiger partial charge in [-0.3, -0.25) is 4.79 Å². The fraction of sp³-hybridized carbons (Fsp3) is 0.500. The summed E-state index contributed by atoms with van der Waals surface area (Å²) in [6.45, 7) is 2.97. The van der Waals surface area contributed by atoms with E-state index in [0.717, 1.165) is 18.9 Å². The fourth-order valence-electron chi connectivity index (χ4n) is 3.72. The topological polar surface area (TPSA) is 59.2 Å². The van der Waals surface area contributed by atoms with Gasteiger partial charge in [0, 0.05) is 31.8 Å². The van der Waals surface area contributed by atoms with Gasteiger partial charge in [0.15, 0.2) is 17.5 Å². The smallest absolute Gasteiger partial charge is 0.226 e. The van der Waals surface area contributed by atoms with Crippen molar-refractivity contribution in [2.75, 3.05) is 13.1 Å². The van der Waals surface area contributed by atoms with Crippen molar-refractivity contribution in [3.05, 3.63) is 47.1 Å². The molecule has 1 saturated heterocycles. The first-order chi connectivity index (χ1) is 12.0. The molecule has 4 rings (SSSR count). The fourth-order valence-corrected chi connectivity index (χ4v) is 3.72. The summed E-state index contributed by atoms with van der Waals surface area (Å²) in [6.07, 6.45) is 2.35. The summed E-state index contributed by atoms with van der Waals surface area (Å²) >= 11 is 0. The molecule has 1 aromatic carbocycles. The second kappa shape index (κ2) is 6.20. The Morgan fingerprint density at radius 1 is 1.36 bits per heavy atom. The van der Waals surface area contributed by atoms with Crippen molar-refractivity contribution in [3.8, 4) is 0 Å². The molecule has 5 nitrogen and oxygen atoms in total. The molecule has 0 bridgehead atoms. The number of carbonyl (C=O) groups is 1. The number of hydrogen-bond donors (Lipinski definition) is 0. The van der Waals surface area contributed by atoms with Crippen molar-refractivity contribution in [2.24, 2.45) is 5.92 Å². The van der Waals surface area contributed by atoms with E-state index in [1.54, 1.807) is 13.0 Å². The van der Waals surface area contributed by atoms with E-state index in [0.29, 0.717) is 36.8 Å². The standard InChI is InChI=1S/C18H19F2N3O2/c1-10-21-17(22-25-10)11-4-3-7-23(9-11)18(24)14-8-13(14)12-5-2-6-15(19)16(12)20/h2,5-6,11,13-14H,3-4,7-9H2,1H3/t11-,13-,14-/m1/s1. The van der Waals surface area contributed by atoms with Gasteiger partial charge in [0.05, 0.1) is 0 Å². The third kappa shape index (κ3) is 3.03. The van der Waals surface area contributed by atoms with Crippen molar-refractivity contribution < 1.29 is 18.1 Å². The van der Waals surface area contributed by atoms with Crippen molar-refractivity contribution >= 4 is 5.91 Å². The first kappa shape index (κ1) is 16.2. The molecule has 0 spiro atoms. The van der Waals surface area contributed by atoms with Gasteiger partial charge >= 0.3 is 0 Å². The van der Waals surface area contributed by atoms with Gasteiger partial charge in [-0.1, -0.05) is 17.3 Å². The minimum atomic E-state index is -0.860. The average molecular weight is 347 g/mol. The first-order valence-corrected chi connectivity index (χ1v) is 8.57. The highest BCUT2D eigenvalue weighted by atomic mass is 19.2. The minimum absolute atomic E-state index is 0.0126. The van der Waals surface area contributed by atoms with Gasteiger partial charge in [-0.25, -0.2) is 8.78 Å². The monoisotopic (exact) mass is 347 g/mol. The quantitative estimate of drug-likeness (QED) is 0.856. The van der Waals surface area contributed by atoms with Crippen LogP contribution < -0.4 is 0 Å². The number of piperidine rings is 1. The number of nitrogens with zero attached hydrogens (tertiary/aromatic N) is 3. The Balaban J connectivity index is 1.44. The van der Waals surface area contributed by atoms with Crippen LogP contribution in [-0.4, -0.2) is 34.0 Å². The number of carbonyl (C=O) groups excluding carboxylic acids is 1. The highest BCUT2D eigenvalue weighted by Crippen LogP contribution is 2.49. The van der Waals surface area contributed by atoms with E-state index in [2.05, 4.69) is 10.1 Å². The third-order valence-corrected chi connectivity index (χ3v) is 5.13. The summed E-state index contributed by atoms with van der Waals surface area (Å²) in [5, 5.41) is 3.96. The number of aromatic nitrogens is 2. The van der Waals surface area contributed by atoms with Crippen LogP contribution in [0, 0.1) is 24.5 Å². The van der Waals surface area contributed by atoms with E-state index in [-0.39, 0.29) is 23.7 Å². The van der Waals surface area contributed by atoms with Gasteiger partial charge in [0.25, 0.3) is 0 Å². The minimum Gasteiger partial charge on any atom is -0.342 e. The zero-order chi connectivity index (χ0) is 17.6. The first-order valence-electron chi connectivity index (χ1n) is 8.57. The molecular formula is C18H19F2N3O2. The van der Waals surface area contributed by atoms with Crippen LogP contribution in [0.4, 0.5) is 8.78 Å². The molecule has 2 heterocycles. The molecule has 25 heavy (non-hydrogen) atoms. The molecule has 1 aliphatic carbocycles. The molecule has 132 valence electrons. The maximum absolute atomic E-state index is 13.9. The third-order valence-electron chi connectivity index (χ3n) is 5.13. The van der Waals surface area contributed by atoms with Crippen LogP contribution >= 0.6 is 0 Å². The maximum Gasteiger partial charge on any atom is 0.226 e. The van der Waals surface area contributed by atoms with Gasteiger partial charge in [-0.15, -0.1) is 0 Å². The maximum atomic E-state index is 13.9. The lowest BCUT2D eigenvalue weighted by atomic mass is 9.96.